The number of halogens is 2. The molecule has 0 saturated carbocycles. The summed E-state index contributed by atoms with van der Waals surface area (Å²) in [6.07, 6.45) is 5.91. The maximum absolute atomic E-state index is 13.4. The van der Waals surface area contributed by atoms with E-state index in [1.54, 1.807) is 36.9 Å². The van der Waals surface area contributed by atoms with Gasteiger partial charge in [0, 0.05) is 24.3 Å². The second-order valence-electron chi connectivity index (χ2n) is 6.55. The maximum atomic E-state index is 13.4. The molecule has 0 spiro atoms. The van der Waals surface area contributed by atoms with Crippen LogP contribution in [0.1, 0.15) is 23.3 Å². The molecule has 0 aliphatic heterocycles. The molecule has 1 atom stereocenters. The number of anilines is 2. The van der Waals surface area contributed by atoms with Crippen LogP contribution in [0.3, 0.4) is 0 Å². The van der Waals surface area contributed by atoms with Gasteiger partial charge in [-0.05, 0) is 55.4 Å². The van der Waals surface area contributed by atoms with Gasteiger partial charge in [-0.1, -0.05) is 11.6 Å². The van der Waals surface area contributed by atoms with Gasteiger partial charge < -0.3 is 10.1 Å². The Balaban J connectivity index is 1.67. The van der Waals surface area contributed by atoms with Crippen LogP contribution in [-0.2, 0) is 17.6 Å². The van der Waals surface area contributed by atoms with Gasteiger partial charge in [0.05, 0.1) is 10.4 Å². The number of nitrogens with zero attached hydrogens (tertiary/aromatic N) is 2. The van der Waals surface area contributed by atoms with Crippen molar-refractivity contribution in [1.82, 2.24) is 9.97 Å². The van der Waals surface area contributed by atoms with Gasteiger partial charge in [-0.25, -0.2) is 14.4 Å². The molecule has 1 aliphatic rings. The minimum atomic E-state index is -0.430. The molecule has 1 unspecified atom stereocenters. The summed E-state index contributed by atoms with van der Waals surface area (Å²) in [7, 11) is 1.75. The Bertz CT molecular complexity index is 946. The Morgan fingerprint density at radius 1 is 1.38 bits per heavy atom. The summed E-state index contributed by atoms with van der Waals surface area (Å²) >= 11 is 7.64. The minimum absolute atomic E-state index is 0.0913. The first kappa shape index (κ1) is 17.6. The van der Waals surface area contributed by atoms with Crippen LogP contribution in [0.5, 0.6) is 0 Å². The van der Waals surface area contributed by atoms with Gasteiger partial charge >= 0.3 is 0 Å². The van der Waals surface area contributed by atoms with Gasteiger partial charge in [0.25, 0.3) is 0 Å². The average Bonchev–Trinajstić information content (AvgIpc) is 3.01. The quantitative estimate of drug-likeness (QED) is 0.635. The topological polar surface area (TPSA) is 47.0 Å². The van der Waals surface area contributed by atoms with E-state index >= 15 is 0 Å². The zero-order chi connectivity index (χ0) is 18.1. The summed E-state index contributed by atoms with van der Waals surface area (Å²) in [6.45, 7) is 0.808. The number of thiophene rings is 1. The molecule has 2 heterocycles. The van der Waals surface area contributed by atoms with Crippen molar-refractivity contribution in [1.29, 1.82) is 0 Å². The molecule has 0 fully saturated rings. The molecule has 2 aromatic heterocycles. The summed E-state index contributed by atoms with van der Waals surface area (Å²) in [5.41, 5.74) is 2.06. The summed E-state index contributed by atoms with van der Waals surface area (Å²) < 4.78 is 18.6. The number of aromatic nitrogens is 2. The van der Waals surface area contributed by atoms with Crippen LogP contribution in [0.15, 0.2) is 24.5 Å². The number of rotatable bonds is 5. The van der Waals surface area contributed by atoms with Crippen LogP contribution in [0.2, 0.25) is 5.02 Å². The van der Waals surface area contributed by atoms with Gasteiger partial charge in [-0.15, -0.1) is 11.3 Å². The lowest BCUT2D eigenvalue weighted by molar-refractivity contribution is 0.174. The van der Waals surface area contributed by atoms with Gasteiger partial charge in [-0.3, -0.25) is 0 Å². The van der Waals surface area contributed by atoms with Crippen molar-refractivity contribution in [3.8, 4) is 0 Å². The fourth-order valence-electron chi connectivity index (χ4n) is 3.51. The van der Waals surface area contributed by atoms with E-state index in [1.807, 2.05) is 0 Å². The normalized spacial score (nSPS) is 16.7. The third-order valence-corrected chi connectivity index (χ3v) is 6.31. The lowest BCUT2D eigenvalue weighted by Crippen LogP contribution is -2.14. The molecule has 136 valence electrons. The van der Waals surface area contributed by atoms with E-state index < -0.39 is 5.82 Å². The van der Waals surface area contributed by atoms with Crippen LogP contribution in [0.4, 0.5) is 15.9 Å². The van der Waals surface area contributed by atoms with Crippen molar-refractivity contribution >= 4 is 44.7 Å². The monoisotopic (exact) mass is 391 g/mol. The molecule has 4 rings (SSSR count). The first-order chi connectivity index (χ1) is 12.7. The molecular formula is C19H19ClFN3OS. The van der Waals surface area contributed by atoms with Gasteiger partial charge in [0.2, 0.25) is 0 Å². The summed E-state index contributed by atoms with van der Waals surface area (Å²) in [5.74, 6) is 0.987. The Morgan fingerprint density at radius 2 is 2.27 bits per heavy atom. The van der Waals surface area contributed by atoms with Crippen molar-refractivity contribution in [2.24, 2.45) is 5.92 Å². The highest BCUT2D eigenvalue weighted by molar-refractivity contribution is 7.19. The molecule has 1 aromatic carbocycles. The van der Waals surface area contributed by atoms with Gasteiger partial charge in [0.1, 0.15) is 22.8 Å². The number of methoxy groups -OCH3 is 1. The number of ether oxygens (including phenoxy) is 1. The average molecular weight is 392 g/mol. The molecule has 0 bridgehead atoms. The fraction of sp³-hybridized carbons (Fsp3) is 0.368. The molecule has 0 saturated heterocycles. The minimum Gasteiger partial charge on any atom is -0.385 e. The molecule has 0 amide bonds. The second kappa shape index (κ2) is 7.47. The Hall–Kier alpha value is -1.76. The Labute approximate surface area is 160 Å². The van der Waals surface area contributed by atoms with E-state index in [2.05, 4.69) is 15.3 Å². The van der Waals surface area contributed by atoms with E-state index in [0.717, 1.165) is 48.3 Å². The lowest BCUT2D eigenvalue weighted by atomic mass is 9.86. The van der Waals surface area contributed by atoms with Crippen molar-refractivity contribution in [2.45, 2.75) is 25.7 Å². The van der Waals surface area contributed by atoms with Crippen LogP contribution in [-0.4, -0.2) is 23.7 Å². The highest BCUT2D eigenvalue weighted by Crippen LogP contribution is 2.41. The standard InChI is InChI=1S/C19H19ClFN3OS/c1-25-7-6-11-2-4-13-16(8-11)26-19-17(13)18(22-10-23-19)24-12-3-5-15(21)14(20)9-12/h3,5,9-11H,2,4,6-8H2,1H3,(H,22,23,24). The number of fused-ring (bicyclic) bond motifs is 3. The third-order valence-electron chi connectivity index (χ3n) is 4.86. The number of benzene rings is 1. The van der Waals surface area contributed by atoms with E-state index in [1.165, 1.54) is 16.5 Å². The fourth-order valence-corrected chi connectivity index (χ4v) is 5.00. The molecule has 26 heavy (non-hydrogen) atoms. The summed E-state index contributed by atoms with van der Waals surface area (Å²) in [4.78, 5) is 11.3. The molecule has 7 heteroatoms. The lowest BCUT2D eigenvalue weighted by Gasteiger charge is -2.22. The largest absolute Gasteiger partial charge is 0.385 e. The predicted octanol–water partition coefficient (Wildman–Crippen LogP) is 5.37. The Kier molecular flexibility index (Phi) is 5.07. The van der Waals surface area contributed by atoms with Crippen molar-refractivity contribution < 1.29 is 9.13 Å². The number of aryl methyl sites for hydroxylation is 1. The van der Waals surface area contributed by atoms with Crippen LogP contribution >= 0.6 is 22.9 Å². The SMILES string of the molecule is COCCC1CCc2c(sc3ncnc(Nc4ccc(F)c(Cl)c4)c23)C1. The van der Waals surface area contributed by atoms with E-state index in [0.29, 0.717) is 11.6 Å². The molecule has 0 radical (unpaired) electrons. The molecule has 3 aromatic rings. The van der Waals surface area contributed by atoms with Gasteiger partial charge in [0.15, 0.2) is 0 Å². The second-order valence-corrected chi connectivity index (χ2v) is 8.04. The summed E-state index contributed by atoms with van der Waals surface area (Å²) in [5, 5.41) is 4.45. The highest BCUT2D eigenvalue weighted by Gasteiger charge is 2.25. The van der Waals surface area contributed by atoms with Gasteiger partial charge in [-0.2, -0.15) is 0 Å². The smallest absolute Gasteiger partial charge is 0.142 e. The molecule has 1 N–H and O–H groups in total. The van der Waals surface area contributed by atoms with Crippen molar-refractivity contribution in [3.63, 3.8) is 0 Å². The number of nitrogens with one attached hydrogen (secondary N) is 1. The van der Waals surface area contributed by atoms with Crippen LogP contribution in [0.25, 0.3) is 10.2 Å². The zero-order valence-electron chi connectivity index (χ0n) is 14.4. The molecule has 1 aliphatic carbocycles. The first-order valence-electron chi connectivity index (χ1n) is 8.62. The van der Waals surface area contributed by atoms with Crippen molar-refractivity contribution in [3.05, 3.63) is 45.8 Å². The first-order valence-corrected chi connectivity index (χ1v) is 9.81. The summed E-state index contributed by atoms with van der Waals surface area (Å²) in [6, 6.07) is 4.59. The number of hydrogen-bond donors (Lipinski definition) is 1. The van der Waals surface area contributed by atoms with E-state index in [-0.39, 0.29) is 5.02 Å². The maximum Gasteiger partial charge on any atom is 0.142 e. The zero-order valence-corrected chi connectivity index (χ0v) is 16.0. The van der Waals surface area contributed by atoms with Crippen molar-refractivity contribution in [2.75, 3.05) is 19.0 Å². The van der Waals surface area contributed by atoms with Crippen LogP contribution in [0, 0.1) is 11.7 Å². The molecule has 4 nitrogen and oxygen atoms in total. The van der Waals surface area contributed by atoms with E-state index in [9.17, 15) is 4.39 Å². The van der Waals surface area contributed by atoms with Crippen LogP contribution < -0.4 is 5.32 Å². The number of hydrogen-bond acceptors (Lipinski definition) is 5. The molecular weight excluding hydrogens is 373 g/mol. The Morgan fingerprint density at radius 3 is 3.08 bits per heavy atom. The highest BCUT2D eigenvalue weighted by atomic mass is 35.5. The third kappa shape index (κ3) is 3.41. The van der Waals surface area contributed by atoms with E-state index in [4.69, 9.17) is 16.3 Å². The predicted molar refractivity (Wildman–Crippen MR) is 104 cm³/mol.